The average molecular weight is 334 g/mol. The van der Waals surface area contributed by atoms with Crippen molar-refractivity contribution >= 4 is 17.8 Å². The summed E-state index contributed by atoms with van der Waals surface area (Å²) in [6, 6.07) is 5.51. The van der Waals surface area contributed by atoms with E-state index in [1.807, 2.05) is 0 Å². The quantitative estimate of drug-likeness (QED) is 0.737. The van der Waals surface area contributed by atoms with Crippen molar-refractivity contribution in [3.63, 3.8) is 0 Å². The predicted octanol–water partition coefficient (Wildman–Crippen LogP) is 2.01. The minimum atomic E-state index is -0.788. The van der Waals surface area contributed by atoms with E-state index in [-0.39, 0.29) is 11.5 Å². The highest BCUT2D eigenvalue weighted by Crippen LogP contribution is 2.56. The highest BCUT2D eigenvalue weighted by molar-refractivity contribution is 5.96. The molecule has 24 heavy (non-hydrogen) atoms. The van der Waals surface area contributed by atoms with Crippen molar-refractivity contribution in [1.29, 1.82) is 0 Å². The number of hydrogen-bond acceptors (Lipinski definition) is 3. The normalized spacial score (nSPS) is 28.2. The fourth-order valence-electron chi connectivity index (χ4n) is 3.81. The van der Waals surface area contributed by atoms with Gasteiger partial charge in [0.15, 0.2) is 0 Å². The van der Waals surface area contributed by atoms with Crippen LogP contribution in [-0.4, -0.2) is 22.9 Å². The van der Waals surface area contributed by atoms with Crippen LogP contribution in [-0.2, 0) is 9.59 Å². The van der Waals surface area contributed by atoms with Crippen LogP contribution in [0.2, 0.25) is 0 Å². The molecule has 3 N–H and O–H groups in total. The third-order valence-corrected chi connectivity index (χ3v) is 5.59. The first-order chi connectivity index (χ1) is 11.4. The Morgan fingerprint density at radius 2 is 1.46 bits per heavy atom. The summed E-state index contributed by atoms with van der Waals surface area (Å²) < 4.78 is 13.6. The lowest BCUT2D eigenvalue weighted by atomic mass is 9.53. The number of amides is 2. The van der Waals surface area contributed by atoms with Gasteiger partial charge < -0.3 is 5.11 Å². The second kappa shape index (κ2) is 5.89. The molecule has 0 spiro atoms. The molecule has 0 heterocycles. The van der Waals surface area contributed by atoms with Crippen LogP contribution in [0.1, 0.15) is 48.9 Å². The minimum Gasteiger partial charge on any atom is -0.481 e. The number of hydrogen-bond donors (Lipinski definition) is 3. The maximum absolute atomic E-state index is 13.6. The molecule has 0 aromatic heterocycles. The molecule has 4 rings (SSSR count). The van der Waals surface area contributed by atoms with Gasteiger partial charge in [0.05, 0.1) is 16.4 Å². The van der Waals surface area contributed by atoms with E-state index < -0.39 is 28.5 Å². The zero-order valence-corrected chi connectivity index (χ0v) is 13.1. The molecule has 2 bridgehead atoms. The monoisotopic (exact) mass is 334 g/mol. The van der Waals surface area contributed by atoms with Crippen molar-refractivity contribution in [2.24, 2.45) is 10.8 Å². The standard InChI is InChI=1S/C17H19FN2O4/c18-12-4-2-1-3-11(12)13(21)19-20-14(22)16-5-8-17(9-6-16,10-7-16)15(23)24/h1-4H,5-10H2,(H,19,21)(H,20,22)(H,23,24). The van der Waals surface area contributed by atoms with Crippen molar-refractivity contribution in [2.75, 3.05) is 0 Å². The van der Waals surface area contributed by atoms with E-state index in [0.29, 0.717) is 38.5 Å². The maximum Gasteiger partial charge on any atom is 0.309 e. The highest BCUT2D eigenvalue weighted by Gasteiger charge is 2.55. The Kier molecular flexibility index (Phi) is 4.03. The van der Waals surface area contributed by atoms with Crippen LogP contribution < -0.4 is 10.9 Å². The molecule has 6 nitrogen and oxygen atoms in total. The molecule has 7 heteroatoms. The molecule has 3 fully saturated rings. The molecule has 0 atom stereocenters. The highest BCUT2D eigenvalue weighted by atomic mass is 19.1. The van der Waals surface area contributed by atoms with Crippen molar-refractivity contribution in [1.82, 2.24) is 10.9 Å². The van der Waals surface area contributed by atoms with Gasteiger partial charge in [0, 0.05) is 0 Å². The molecule has 0 unspecified atom stereocenters. The summed E-state index contributed by atoms with van der Waals surface area (Å²) in [5.74, 6) is -2.50. The number of halogens is 1. The Morgan fingerprint density at radius 1 is 0.917 bits per heavy atom. The van der Waals surface area contributed by atoms with Crippen LogP contribution in [0.15, 0.2) is 24.3 Å². The summed E-state index contributed by atoms with van der Waals surface area (Å²) in [4.78, 5) is 35.9. The number of carbonyl (C=O) groups excluding carboxylic acids is 2. The predicted molar refractivity (Wildman–Crippen MR) is 82.2 cm³/mol. The number of carbonyl (C=O) groups is 3. The number of rotatable bonds is 3. The summed E-state index contributed by atoms with van der Waals surface area (Å²) in [6.45, 7) is 0. The molecule has 0 radical (unpaired) electrons. The summed E-state index contributed by atoms with van der Waals surface area (Å²) in [6.07, 6.45) is 2.87. The van der Waals surface area contributed by atoms with Crippen molar-refractivity contribution < 1.29 is 23.9 Å². The van der Waals surface area contributed by atoms with Crippen molar-refractivity contribution in [2.45, 2.75) is 38.5 Å². The van der Waals surface area contributed by atoms with Gasteiger partial charge in [-0.05, 0) is 50.7 Å². The number of benzene rings is 1. The molecule has 128 valence electrons. The third kappa shape index (κ3) is 2.64. The van der Waals surface area contributed by atoms with E-state index >= 15 is 0 Å². The van der Waals surface area contributed by atoms with Gasteiger partial charge in [0.2, 0.25) is 5.91 Å². The second-order valence-electron chi connectivity index (χ2n) is 6.75. The number of carboxylic acid groups (broad SMARTS) is 1. The molecular formula is C17H19FN2O4. The minimum absolute atomic E-state index is 0.146. The molecular weight excluding hydrogens is 315 g/mol. The van der Waals surface area contributed by atoms with E-state index in [2.05, 4.69) is 10.9 Å². The van der Waals surface area contributed by atoms with E-state index in [9.17, 15) is 23.9 Å². The topological polar surface area (TPSA) is 95.5 Å². The Bertz CT molecular complexity index is 679. The molecule has 0 saturated heterocycles. The molecule has 3 aliphatic carbocycles. The molecule has 0 aliphatic heterocycles. The Labute approximate surface area is 138 Å². The fourth-order valence-corrected chi connectivity index (χ4v) is 3.81. The van der Waals surface area contributed by atoms with Crippen LogP contribution in [0.3, 0.4) is 0 Å². The first-order valence-electron chi connectivity index (χ1n) is 7.97. The Morgan fingerprint density at radius 3 is 2.00 bits per heavy atom. The van der Waals surface area contributed by atoms with Gasteiger partial charge in [-0.15, -0.1) is 0 Å². The Balaban J connectivity index is 1.62. The van der Waals surface area contributed by atoms with Gasteiger partial charge in [-0.3, -0.25) is 25.2 Å². The molecule has 3 aliphatic rings. The van der Waals surface area contributed by atoms with E-state index in [1.165, 1.54) is 24.3 Å². The van der Waals surface area contributed by atoms with Gasteiger partial charge in [0.1, 0.15) is 5.82 Å². The van der Waals surface area contributed by atoms with Crippen LogP contribution in [0.25, 0.3) is 0 Å². The summed E-state index contributed by atoms with van der Waals surface area (Å²) in [5, 5.41) is 9.37. The summed E-state index contributed by atoms with van der Waals surface area (Å²) in [7, 11) is 0. The summed E-state index contributed by atoms with van der Waals surface area (Å²) in [5.41, 5.74) is 3.15. The van der Waals surface area contributed by atoms with Crippen LogP contribution >= 0.6 is 0 Å². The molecule has 2 amide bonds. The van der Waals surface area contributed by atoms with Gasteiger partial charge in [-0.25, -0.2) is 4.39 Å². The molecule has 1 aromatic rings. The third-order valence-electron chi connectivity index (χ3n) is 5.59. The fraction of sp³-hybridized carbons (Fsp3) is 0.471. The van der Waals surface area contributed by atoms with Crippen LogP contribution in [0, 0.1) is 16.6 Å². The first-order valence-corrected chi connectivity index (χ1v) is 7.97. The largest absolute Gasteiger partial charge is 0.481 e. The van der Waals surface area contributed by atoms with E-state index in [0.717, 1.165) is 0 Å². The van der Waals surface area contributed by atoms with E-state index in [4.69, 9.17) is 0 Å². The summed E-state index contributed by atoms with van der Waals surface area (Å²) >= 11 is 0. The SMILES string of the molecule is O=C(NNC(=O)C12CCC(C(=O)O)(CC1)CC2)c1ccccc1F. The molecule has 1 aromatic carbocycles. The van der Waals surface area contributed by atoms with Crippen molar-refractivity contribution in [3.05, 3.63) is 35.6 Å². The number of hydrazine groups is 1. The van der Waals surface area contributed by atoms with Gasteiger partial charge in [-0.2, -0.15) is 0 Å². The zero-order chi connectivity index (χ0) is 17.4. The lowest BCUT2D eigenvalue weighted by Gasteiger charge is -2.50. The lowest BCUT2D eigenvalue weighted by molar-refractivity contribution is -0.163. The van der Waals surface area contributed by atoms with Gasteiger partial charge >= 0.3 is 5.97 Å². The van der Waals surface area contributed by atoms with Crippen molar-refractivity contribution in [3.8, 4) is 0 Å². The maximum atomic E-state index is 13.6. The van der Waals surface area contributed by atoms with E-state index in [1.54, 1.807) is 0 Å². The second-order valence-corrected chi connectivity index (χ2v) is 6.75. The van der Waals surface area contributed by atoms with Crippen LogP contribution in [0.5, 0.6) is 0 Å². The van der Waals surface area contributed by atoms with Gasteiger partial charge in [-0.1, -0.05) is 12.1 Å². The lowest BCUT2D eigenvalue weighted by Crippen LogP contribution is -2.55. The first kappa shape index (κ1) is 16.4. The zero-order valence-electron chi connectivity index (χ0n) is 13.1. The molecule has 3 saturated carbocycles. The smallest absolute Gasteiger partial charge is 0.309 e. The number of aliphatic carboxylic acids is 1. The number of fused-ring (bicyclic) bond motifs is 3. The number of carboxylic acids is 1. The van der Waals surface area contributed by atoms with Gasteiger partial charge in [0.25, 0.3) is 5.91 Å². The Hall–Kier alpha value is -2.44. The average Bonchev–Trinajstić information content (AvgIpc) is 2.61. The van der Waals surface area contributed by atoms with Crippen LogP contribution in [0.4, 0.5) is 4.39 Å². The number of nitrogens with one attached hydrogen (secondary N) is 2.